The van der Waals surface area contributed by atoms with Crippen molar-refractivity contribution < 1.29 is 28.9 Å². The monoisotopic (exact) mass is 516 g/mol. The Hall–Kier alpha value is -4.37. The normalized spacial score (nSPS) is 16.9. The average molecular weight is 517 g/mol. The van der Waals surface area contributed by atoms with Gasteiger partial charge in [0.25, 0.3) is 5.78 Å². The predicted molar refractivity (Wildman–Crippen MR) is 142 cm³/mol. The van der Waals surface area contributed by atoms with Gasteiger partial charge in [0.15, 0.2) is 16.6 Å². The number of aliphatic hydroxyl groups is 1. The topological polar surface area (TPSA) is 98.2 Å². The maximum absolute atomic E-state index is 13.5. The number of Topliss-reactive ketones (excluding diaryl/α,β-unsaturated/α-hetero) is 1. The van der Waals surface area contributed by atoms with E-state index in [4.69, 9.17) is 14.2 Å². The summed E-state index contributed by atoms with van der Waals surface area (Å²) in [5.41, 5.74) is 2.67. The van der Waals surface area contributed by atoms with Crippen LogP contribution in [-0.4, -0.2) is 43.1 Å². The van der Waals surface area contributed by atoms with Gasteiger partial charge in [0.2, 0.25) is 0 Å². The standard InChI is InChI=1S/C28H24N2O6S/c1-15-5-11-19-22(13-15)37-28(29-19)30-24(17-8-12-20(35-3)21(14-17)36-4)23(26(32)27(30)33)25(31)16-6-9-18(34-2)10-7-16/h5-14,24,31H,1-4H3/b25-23+/t24-/m1/s1. The molecule has 3 aromatic carbocycles. The van der Waals surface area contributed by atoms with Gasteiger partial charge >= 0.3 is 5.91 Å². The molecule has 1 aromatic heterocycles. The van der Waals surface area contributed by atoms with Crippen molar-refractivity contribution in [3.63, 3.8) is 0 Å². The van der Waals surface area contributed by atoms with Crippen LogP contribution in [0.15, 0.2) is 66.2 Å². The van der Waals surface area contributed by atoms with Crippen molar-refractivity contribution in [3.05, 3.63) is 82.9 Å². The summed E-state index contributed by atoms with van der Waals surface area (Å²) in [5, 5.41) is 11.7. The fourth-order valence-corrected chi connectivity index (χ4v) is 5.49. The van der Waals surface area contributed by atoms with Gasteiger partial charge in [0, 0.05) is 5.56 Å². The van der Waals surface area contributed by atoms with Crippen molar-refractivity contribution >= 4 is 44.1 Å². The summed E-state index contributed by atoms with van der Waals surface area (Å²) < 4.78 is 16.9. The number of nitrogens with zero attached hydrogens (tertiary/aromatic N) is 2. The number of amides is 1. The molecule has 37 heavy (non-hydrogen) atoms. The Morgan fingerprint density at radius 2 is 1.65 bits per heavy atom. The zero-order chi connectivity index (χ0) is 26.3. The van der Waals surface area contributed by atoms with E-state index in [1.54, 1.807) is 42.5 Å². The van der Waals surface area contributed by atoms with E-state index < -0.39 is 17.7 Å². The van der Waals surface area contributed by atoms with Crippen LogP contribution in [0, 0.1) is 6.92 Å². The molecule has 1 aliphatic heterocycles. The number of hydrogen-bond donors (Lipinski definition) is 1. The van der Waals surface area contributed by atoms with E-state index in [0.717, 1.165) is 10.3 Å². The number of carbonyl (C=O) groups is 2. The number of ketones is 1. The molecule has 0 radical (unpaired) electrons. The van der Waals surface area contributed by atoms with Gasteiger partial charge in [-0.25, -0.2) is 4.98 Å². The number of hydrogen-bond acceptors (Lipinski definition) is 8. The average Bonchev–Trinajstić information content (AvgIpc) is 3.45. The molecular formula is C28H24N2O6S. The number of aliphatic hydroxyl groups excluding tert-OH is 1. The molecule has 0 unspecified atom stereocenters. The summed E-state index contributed by atoms with van der Waals surface area (Å²) in [7, 11) is 4.57. The molecule has 1 aliphatic rings. The van der Waals surface area contributed by atoms with Crippen LogP contribution in [0.3, 0.4) is 0 Å². The van der Waals surface area contributed by atoms with Crippen molar-refractivity contribution in [3.8, 4) is 17.2 Å². The van der Waals surface area contributed by atoms with Crippen LogP contribution in [0.1, 0.15) is 22.7 Å². The molecule has 2 heterocycles. The van der Waals surface area contributed by atoms with Crippen LogP contribution in [-0.2, 0) is 9.59 Å². The molecule has 8 nitrogen and oxygen atoms in total. The minimum Gasteiger partial charge on any atom is -0.507 e. The lowest BCUT2D eigenvalue weighted by atomic mass is 9.95. The quantitative estimate of drug-likeness (QED) is 0.212. The van der Waals surface area contributed by atoms with E-state index in [1.807, 2.05) is 25.1 Å². The lowest BCUT2D eigenvalue weighted by Crippen LogP contribution is -2.29. The second-order valence-corrected chi connectivity index (χ2v) is 9.49. The van der Waals surface area contributed by atoms with Gasteiger partial charge in [0.1, 0.15) is 11.5 Å². The van der Waals surface area contributed by atoms with Gasteiger partial charge in [-0.2, -0.15) is 0 Å². The molecular weight excluding hydrogens is 492 g/mol. The van der Waals surface area contributed by atoms with Crippen LogP contribution in [0.2, 0.25) is 0 Å². The highest BCUT2D eigenvalue weighted by molar-refractivity contribution is 7.22. The third-order valence-corrected chi connectivity index (χ3v) is 7.29. The Balaban J connectivity index is 1.73. The van der Waals surface area contributed by atoms with Gasteiger partial charge in [0.05, 0.1) is 43.2 Å². The first-order chi connectivity index (χ1) is 17.9. The molecule has 0 spiro atoms. The van der Waals surface area contributed by atoms with Crippen molar-refractivity contribution in [2.45, 2.75) is 13.0 Å². The lowest BCUT2D eigenvalue weighted by Gasteiger charge is -2.23. The number of anilines is 1. The maximum Gasteiger partial charge on any atom is 0.301 e. The highest BCUT2D eigenvalue weighted by atomic mass is 32.1. The zero-order valence-electron chi connectivity index (χ0n) is 20.6. The van der Waals surface area contributed by atoms with Crippen LogP contribution >= 0.6 is 11.3 Å². The van der Waals surface area contributed by atoms with Crippen LogP contribution < -0.4 is 19.1 Å². The summed E-state index contributed by atoms with van der Waals surface area (Å²) in [6.45, 7) is 1.98. The maximum atomic E-state index is 13.5. The molecule has 1 fully saturated rings. The minimum absolute atomic E-state index is 0.0437. The Kier molecular flexibility index (Phi) is 6.31. The molecule has 9 heteroatoms. The van der Waals surface area contributed by atoms with Gasteiger partial charge < -0.3 is 19.3 Å². The van der Waals surface area contributed by atoms with Gasteiger partial charge in [-0.05, 0) is 66.6 Å². The van der Waals surface area contributed by atoms with E-state index >= 15 is 0 Å². The first-order valence-corrected chi connectivity index (χ1v) is 12.2. The molecule has 1 amide bonds. The highest BCUT2D eigenvalue weighted by Crippen LogP contribution is 2.46. The van der Waals surface area contributed by atoms with Crippen LogP contribution in [0.5, 0.6) is 17.2 Å². The third kappa shape index (κ3) is 4.17. The molecule has 1 saturated heterocycles. The summed E-state index contributed by atoms with van der Waals surface area (Å²) >= 11 is 1.31. The third-order valence-electron chi connectivity index (χ3n) is 6.27. The molecule has 1 N–H and O–H groups in total. The van der Waals surface area contributed by atoms with Gasteiger partial charge in [-0.15, -0.1) is 0 Å². The molecule has 0 bridgehead atoms. The molecule has 0 saturated carbocycles. The number of thiazole rings is 1. The predicted octanol–water partition coefficient (Wildman–Crippen LogP) is 5.26. The Labute approximate surface area is 217 Å². The number of rotatable bonds is 6. The van der Waals surface area contributed by atoms with Crippen molar-refractivity contribution in [1.29, 1.82) is 0 Å². The summed E-state index contributed by atoms with van der Waals surface area (Å²) in [4.78, 5) is 32.9. The summed E-state index contributed by atoms with van der Waals surface area (Å²) in [5.74, 6) is -0.351. The second-order valence-electron chi connectivity index (χ2n) is 8.48. The number of methoxy groups -OCH3 is 3. The van der Waals surface area contributed by atoms with E-state index in [0.29, 0.717) is 39.0 Å². The van der Waals surface area contributed by atoms with E-state index in [1.165, 1.54) is 37.6 Å². The summed E-state index contributed by atoms with van der Waals surface area (Å²) in [6, 6.07) is 16.6. The number of benzene rings is 3. The number of aromatic nitrogens is 1. The van der Waals surface area contributed by atoms with E-state index in [2.05, 4.69) is 4.98 Å². The number of aryl methyl sites for hydroxylation is 1. The van der Waals surface area contributed by atoms with Crippen molar-refractivity contribution in [2.75, 3.05) is 26.2 Å². The molecule has 188 valence electrons. The van der Waals surface area contributed by atoms with Gasteiger partial charge in [-0.3, -0.25) is 14.5 Å². The molecule has 4 aromatic rings. The van der Waals surface area contributed by atoms with Crippen molar-refractivity contribution in [2.24, 2.45) is 0 Å². The Bertz CT molecular complexity index is 1560. The molecule has 5 rings (SSSR count). The van der Waals surface area contributed by atoms with E-state index in [9.17, 15) is 14.7 Å². The van der Waals surface area contributed by atoms with Crippen molar-refractivity contribution in [1.82, 2.24) is 4.98 Å². The number of carbonyl (C=O) groups excluding carboxylic acids is 2. The fourth-order valence-electron chi connectivity index (χ4n) is 4.40. The first kappa shape index (κ1) is 24.3. The fraction of sp³-hybridized carbons (Fsp3) is 0.179. The number of fused-ring (bicyclic) bond motifs is 1. The lowest BCUT2D eigenvalue weighted by molar-refractivity contribution is -0.132. The van der Waals surface area contributed by atoms with Crippen LogP contribution in [0.25, 0.3) is 16.0 Å². The SMILES string of the molecule is COc1ccc(/C(O)=C2\C(=O)C(=O)N(c3nc4ccc(C)cc4s3)[C@@H]2c2ccc(OC)c(OC)c2)cc1. The molecule has 0 aliphatic carbocycles. The van der Waals surface area contributed by atoms with Crippen LogP contribution in [0.4, 0.5) is 5.13 Å². The Morgan fingerprint density at radius 1 is 0.919 bits per heavy atom. The first-order valence-electron chi connectivity index (χ1n) is 11.4. The largest absolute Gasteiger partial charge is 0.507 e. The molecule has 1 atom stereocenters. The highest BCUT2D eigenvalue weighted by Gasteiger charge is 2.48. The Morgan fingerprint density at radius 3 is 2.32 bits per heavy atom. The zero-order valence-corrected chi connectivity index (χ0v) is 21.5. The van der Waals surface area contributed by atoms with E-state index in [-0.39, 0.29) is 11.3 Å². The number of ether oxygens (including phenoxy) is 3. The second kappa shape index (κ2) is 9.59. The minimum atomic E-state index is -0.941. The smallest absolute Gasteiger partial charge is 0.301 e. The van der Waals surface area contributed by atoms with Gasteiger partial charge in [-0.1, -0.05) is 23.5 Å². The summed E-state index contributed by atoms with van der Waals surface area (Å²) in [6.07, 6.45) is 0.